The molecule has 0 aliphatic heterocycles. The second-order valence-corrected chi connectivity index (χ2v) is 8.70. The van der Waals surface area contributed by atoms with Crippen molar-refractivity contribution in [3.63, 3.8) is 0 Å². The van der Waals surface area contributed by atoms with Gasteiger partial charge in [-0.1, -0.05) is 54.2 Å². The standard InChI is InChI=1S/C29H24N2O4S/c1-33-23-12-8-21(9-13-23)25-16-27(22-10-14-24(34-2)15-11-22)31-29(26(25)17-30)36-19-28(32)35-18-20-6-4-3-5-7-20/h3-16H,18-19H2,1-2H3. The number of benzene rings is 3. The number of rotatable bonds is 9. The van der Waals surface area contributed by atoms with E-state index in [1.165, 1.54) is 11.8 Å². The molecular weight excluding hydrogens is 472 g/mol. The summed E-state index contributed by atoms with van der Waals surface area (Å²) in [5.41, 5.74) is 4.43. The van der Waals surface area contributed by atoms with Gasteiger partial charge in [0.05, 0.1) is 31.2 Å². The van der Waals surface area contributed by atoms with E-state index in [2.05, 4.69) is 6.07 Å². The van der Waals surface area contributed by atoms with Gasteiger partial charge in [-0.2, -0.15) is 5.26 Å². The highest BCUT2D eigenvalue weighted by Crippen LogP contribution is 2.35. The van der Waals surface area contributed by atoms with Crippen LogP contribution in [0.2, 0.25) is 0 Å². The molecule has 0 saturated carbocycles. The summed E-state index contributed by atoms with van der Waals surface area (Å²) in [5.74, 6) is 1.11. The number of ether oxygens (including phenoxy) is 3. The summed E-state index contributed by atoms with van der Waals surface area (Å²) < 4.78 is 16.0. The Morgan fingerprint density at radius 3 is 2.08 bits per heavy atom. The van der Waals surface area contributed by atoms with E-state index in [0.717, 1.165) is 33.8 Å². The number of hydrogen-bond donors (Lipinski definition) is 0. The lowest BCUT2D eigenvalue weighted by Crippen LogP contribution is -2.08. The molecule has 0 aliphatic rings. The highest BCUT2D eigenvalue weighted by Gasteiger charge is 2.18. The Balaban J connectivity index is 1.65. The number of aromatic nitrogens is 1. The van der Waals surface area contributed by atoms with E-state index in [-0.39, 0.29) is 18.3 Å². The van der Waals surface area contributed by atoms with Gasteiger partial charge in [0.2, 0.25) is 0 Å². The van der Waals surface area contributed by atoms with Gasteiger partial charge >= 0.3 is 5.97 Å². The van der Waals surface area contributed by atoms with Gasteiger partial charge in [0.25, 0.3) is 0 Å². The van der Waals surface area contributed by atoms with Gasteiger partial charge in [-0.3, -0.25) is 4.79 Å². The highest BCUT2D eigenvalue weighted by molar-refractivity contribution is 7.99. The minimum absolute atomic E-state index is 0.0304. The third kappa shape index (κ3) is 6.04. The molecule has 0 N–H and O–H groups in total. The van der Waals surface area contributed by atoms with E-state index < -0.39 is 0 Å². The Morgan fingerprint density at radius 1 is 0.889 bits per heavy atom. The molecule has 0 radical (unpaired) electrons. The van der Waals surface area contributed by atoms with Crippen LogP contribution >= 0.6 is 11.8 Å². The first-order valence-electron chi connectivity index (χ1n) is 11.2. The number of carbonyl (C=O) groups is 1. The molecule has 0 spiro atoms. The minimum Gasteiger partial charge on any atom is -0.497 e. The smallest absolute Gasteiger partial charge is 0.316 e. The molecule has 1 heterocycles. The Hall–Kier alpha value is -4.28. The summed E-state index contributed by atoms with van der Waals surface area (Å²) >= 11 is 1.19. The van der Waals surface area contributed by atoms with E-state index in [1.54, 1.807) is 14.2 Å². The fourth-order valence-electron chi connectivity index (χ4n) is 3.55. The number of nitriles is 1. The molecule has 0 unspecified atom stereocenters. The number of methoxy groups -OCH3 is 2. The topological polar surface area (TPSA) is 81.4 Å². The fraction of sp³-hybridized carbons (Fsp3) is 0.138. The summed E-state index contributed by atoms with van der Waals surface area (Å²) in [6, 6.07) is 28.7. The summed E-state index contributed by atoms with van der Waals surface area (Å²) in [6.07, 6.45) is 0. The number of carbonyl (C=O) groups excluding carboxylic acids is 1. The van der Waals surface area contributed by atoms with Crippen LogP contribution in [0.3, 0.4) is 0 Å². The zero-order valence-corrected chi connectivity index (χ0v) is 20.7. The molecule has 0 bridgehead atoms. The fourth-order valence-corrected chi connectivity index (χ4v) is 4.35. The van der Waals surface area contributed by atoms with E-state index in [9.17, 15) is 10.1 Å². The van der Waals surface area contributed by atoms with Gasteiger partial charge in [-0.05, 0) is 53.6 Å². The summed E-state index contributed by atoms with van der Waals surface area (Å²) in [5, 5.41) is 10.5. The van der Waals surface area contributed by atoms with Gasteiger partial charge in [0.1, 0.15) is 29.2 Å². The van der Waals surface area contributed by atoms with Crippen molar-refractivity contribution >= 4 is 17.7 Å². The lowest BCUT2D eigenvalue weighted by Gasteiger charge is -2.13. The summed E-state index contributed by atoms with van der Waals surface area (Å²) in [7, 11) is 3.22. The van der Waals surface area contributed by atoms with Gasteiger partial charge < -0.3 is 14.2 Å². The van der Waals surface area contributed by atoms with Crippen LogP contribution in [-0.2, 0) is 16.1 Å². The van der Waals surface area contributed by atoms with E-state index in [0.29, 0.717) is 16.3 Å². The molecule has 4 aromatic rings. The maximum absolute atomic E-state index is 12.5. The Bertz CT molecular complexity index is 1370. The highest BCUT2D eigenvalue weighted by atomic mass is 32.2. The van der Waals surface area contributed by atoms with Crippen LogP contribution in [0.25, 0.3) is 22.4 Å². The van der Waals surface area contributed by atoms with Gasteiger partial charge in [-0.25, -0.2) is 4.98 Å². The first kappa shape index (κ1) is 24.8. The van der Waals surface area contributed by atoms with Crippen molar-refractivity contribution in [1.82, 2.24) is 4.98 Å². The first-order valence-corrected chi connectivity index (χ1v) is 12.2. The average molecular weight is 497 g/mol. The van der Waals surface area contributed by atoms with Crippen molar-refractivity contribution in [2.45, 2.75) is 11.6 Å². The molecule has 0 atom stereocenters. The minimum atomic E-state index is -0.379. The average Bonchev–Trinajstić information content (AvgIpc) is 2.95. The summed E-state index contributed by atoms with van der Waals surface area (Å²) in [6.45, 7) is 0.196. The van der Waals surface area contributed by atoms with Crippen LogP contribution in [0.4, 0.5) is 0 Å². The Morgan fingerprint density at radius 2 is 1.50 bits per heavy atom. The van der Waals surface area contributed by atoms with Crippen LogP contribution < -0.4 is 9.47 Å². The van der Waals surface area contributed by atoms with Crippen LogP contribution in [-0.4, -0.2) is 30.9 Å². The Kier molecular flexibility index (Phi) is 8.22. The largest absolute Gasteiger partial charge is 0.497 e. The van der Waals surface area contributed by atoms with Crippen LogP contribution in [0.1, 0.15) is 11.1 Å². The molecule has 0 amide bonds. The molecule has 36 heavy (non-hydrogen) atoms. The first-order chi connectivity index (χ1) is 17.6. The van der Waals surface area contributed by atoms with Crippen molar-refractivity contribution in [1.29, 1.82) is 5.26 Å². The van der Waals surface area contributed by atoms with E-state index in [1.807, 2.05) is 84.9 Å². The van der Waals surface area contributed by atoms with Crippen molar-refractivity contribution in [2.75, 3.05) is 20.0 Å². The Labute approximate surface area is 214 Å². The van der Waals surface area contributed by atoms with Crippen molar-refractivity contribution in [2.24, 2.45) is 0 Å². The number of pyridine rings is 1. The number of thioether (sulfide) groups is 1. The molecule has 0 fully saturated rings. The van der Waals surface area contributed by atoms with Gasteiger partial charge in [0, 0.05) is 11.1 Å². The van der Waals surface area contributed by atoms with Crippen LogP contribution in [0.15, 0.2) is 90.0 Å². The van der Waals surface area contributed by atoms with E-state index in [4.69, 9.17) is 19.2 Å². The second-order valence-electron chi connectivity index (χ2n) is 7.74. The monoisotopic (exact) mass is 496 g/mol. The lowest BCUT2D eigenvalue weighted by atomic mass is 9.99. The van der Waals surface area contributed by atoms with Crippen LogP contribution in [0, 0.1) is 11.3 Å². The maximum Gasteiger partial charge on any atom is 0.316 e. The molecule has 4 rings (SSSR count). The third-order valence-corrected chi connectivity index (χ3v) is 6.40. The third-order valence-electron chi connectivity index (χ3n) is 5.45. The molecule has 1 aromatic heterocycles. The van der Waals surface area contributed by atoms with Gasteiger partial charge in [0.15, 0.2) is 0 Å². The maximum atomic E-state index is 12.5. The van der Waals surface area contributed by atoms with E-state index >= 15 is 0 Å². The lowest BCUT2D eigenvalue weighted by molar-refractivity contribution is -0.141. The second kappa shape index (κ2) is 11.9. The summed E-state index contributed by atoms with van der Waals surface area (Å²) in [4.78, 5) is 17.2. The molecule has 7 heteroatoms. The zero-order valence-electron chi connectivity index (χ0n) is 19.9. The molecule has 180 valence electrons. The molecule has 3 aromatic carbocycles. The molecule has 6 nitrogen and oxygen atoms in total. The number of nitrogens with zero attached hydrogens (tertiary/aromatic N) is 2. The predicted molar refractivity (Wildman–Crippen MR) is 140 cm³/mol. The molecule has 0 saturated heterocycles. The zero-order chi connectivity index (χ0) is 25.3. The van der Waals surface area contributed by atoms with Crippen molar-refractivity contribution in [3.05, 3.63) is 96.1 Å². The normalized spacial score (nSPS) is 10.4. The number of esters is 1. The predicted octanol–water partition coefficient (Wildman–Crippen LogP) is 6.14. The molecular formula is C29H24N2O4S. The quantitative estimate of drug-likeness (QED) is 0.203. The van der Waals surface area contributed by atoms with Gasteiger partial charge in [-0.15, -0.1) is 0 Å². The van der Waals surface area contributed by atoms with Crippen molar-refractivity contribution in [3.8, 4) is 40.0 Å². The SMILES string of the molecule is COc1ccc(-c2cc(-c3ccc(OC)cc3)c(C#N)c(SCC(=O)OCc3ccccc3)n2)cc1. The number of hydrogen-bond acceptors (Lipinski definition) is 7. The van der Waals surface area contributed by atoms with Crippen LogP contribution in [0.5, 0.6) is 11.5 Å². The van der Waals surface area contributed by atoms with Crippen molar-refractivity contribution < 1.29 is 19.0 Å². The molecule has 0 aliphatic carbocycles.